The van der Waals surface area contributed by atoms with E-state index in [0.717, 1.165) is 30.7 Å². The number of amides is 1. The van der Waals surface area contributed by atoms with E-state index >= 15 is 0 Å². The highest BCUT2D eigenvalue weighted by atomic mass is 79.9. The largest absolute Gasteiger partial charge is 0.496 e. The molecule has 0 bridgehead atoms. The van der Waals surface area contributed by atoms with Crippen LogP contribution in [-0.4, -0.2) is 49.2 Å². The zero-order valence-corrected chi connectivity index (χ0v) is 16.8. The first-order chi connectivity index (χ1) is 12.6. The lowest BCUT2D eigenvalue weighted by molar-refractivity contribution is 0.0973. The lowest BCUT2D eigenvalue weighted by Crippen LogP contribution is -2.52. The average Bonchev–Trinajstić information content (AvgIpc) is 2.68. The minimum absolute atomic E-state index is 0.219. The molecule has 2 aromatic carbocycles. The van der Waals surface area contributed by atoms with Crippen LogP contribution in [0.4, 0.5) is 5.69 Å². The van der Waals surface area contributed by atoms with Gasteiger partial charge in [0.25, 0.3) is 5.91 Å². The molecule has 2 aromatic rings. The average molecular weight is 434 g/mol. The van der Waals surface area contributed by atoms with E-state index in [1.54, 1.807) is 25.3 Å². The van der Waals surface area contributed by atoms with Gasteiger partial charge in [0.15, 0.2) is 5.11 Å². The maximum absolute atomic E-state index is 12.4. The lowest BCUT2D eigenvalue weighted by atomic mass is 10.2. The first-order valence-electron chi connectivity index (χ1n) is 8.32. The third-order valence-corrected chi connectivity index (χ3v) is 5.30. The predicted molar refractivity (Wildman–Crippen MR) is 111 cm³/mol. The molecule has 26 heavy (non-hydrogen) atoms. The third kappa shape index (κ3) is 4.34. The van der Waals surface area contributed by atoms with Gasteiger partial charge in [-0.25, -0.2) is 0 Å². The van der Waals surface area contributed by atoms with E-state index in [1.807, 2.05) is 23.1 Å². The number of rotatable bonds is 3. The van der Waals surface area contributed by atoms with Crippen molar-refractivity contribution in [3.63, 3.8) is 0 Å². The standard InChI is InChI=1S/C19H20BrN3O2S/c1-25-17-8-7-14(13-16(17)20)18(24)21-19(26)23-11-9-22(10-12-23)15-5-3-2-4-6-15/h2-8,13H,9-12H2,1H3,(H,21,24,26). The summed E-state index contributed by atoms with van der Waals surface area (Å²) in [7, 11) is 1.59. The number of nitrogens with zero attached hydrogens (tertiary/aromatic N) is 2. The Morgan fingerprint density at radius 3 is 2.42 bits per heavy atom. The van der Waals surface area contributed by atoms with E-state index in [1.165, 1.54) is 5.69 Å². The van der Waals surface area contributed by atoms with E-state index in [-0.39, 0.29) is 5.91 Å². The molecule has 1 amide bonds. The number of benzene rings is 2. The zero-order chi connectivity index (χ0) is 18.5. The fourth-order valence-electron chi connectivity index (χ4n) is 2.86. The molecule has 3 rings (SSSR count). The molecule has 1 saturated heterocycles. The number of hydrogen-bond acceptors (Lipinski definition) is 4. The molecule has 0 radical (unpaired) electrons. The Bertz CT molecular complexity index is 793. The van der Waals surface area contributed by atoms with E-state index in [9.17, 15) is 4.79 Å². The van der Waals surface area contributed by atoms with Gasteiger partial charge in [0.1, 0.15) is 5.75 Å². The van der Waals surface area contributed by atoms with Gasteiger partial charge in [-0.3, -0.25) is 10.1 Å². The van der Waals surface area contributed by atoms with Crippen molar-refractivity contribution in [2.24, 2.45) is 0 Å². The van der Waals surface area contributed by atoms with Crippen LogP contribution < -0.4 is 15.0 Å². The molecule has 0 saturated carbocycles. The van der Waals surface area contributed by atoms with Crippen molar-refractivity contribution in [1.29, 1.82) is 0 Å². The van der Waals surface area contributed by atoms with Crippen molar-refractivity contribution in [3.8, 4) is 5.75 Å². The highest BCUT2D eigenvalue weighted by Gasteiger charge is 2.20. The number of para-hydroxylation sites is 1. The minimum Gasteiger partial charge on any atom is -0.496 e. The first kappa shape index (κ1) is 18.7. The van der Waals surface area contributed by atoms with Crippen molar-refractivity contribution in [2.45, 2.75) is 0 Å². The Labute approximate surface area is 167 Å². The fraction of sp³-hybridized carbons (Fsp3) is 0.263. The van der Waals surface area contributed by atoms with Crippen molar-refractivity contribution in [2.75, 3.05) is 38.2 Å². The Morgan fingerprint density at radius 1 is 1.12 bits per heavy atom. The van der Waals surface area contributed by atoms with E-state index in [4.69, 9.17) is 17.0 Å². The number of nitrogens with one attached hydrogen (secondary N) is 1. The van der Waals surface area contributed by atoms with Gasteiger partial charge in [-0.1, -0.05) is 18.2 Å². The summed E-state index contributed by atoms with van der Waals surface area (Å²) in [6, 6.07) is 15.5. The molecular formula is C19H20BrN3O2S. The number of anilines is 1. The fourth-order valence-corrected chi connectivity index (χ4v) is 3.68. The molecule has 1 heterocycles. The molecule has 1 fully saturated rings. The Kier molecular flexibility index (Phi) is 6.11. The molecular weight excluding hydrogens is 414 g/mol. The quantitative estimate of drug-likeness (QED) is 0.752. The van der Waals surface area contributed by atoms with Crippen LogP contribution in [0.1, 0.15) is 10.4 Å². The van der Waals surface area contributed by atoms with Crippen molar-refractivity contribution in [1.82, 2.24) is 10.2 Å². The zero-order valence-electron chi connectivity index (χ0n) is 14.4. The molecule has 1 aliphatic heterocycles. The van der Waals surface area contributed by atoms with Crippen LogP contribution in [0.25, 0.3) is 0 Å². The molecule has 1 N–H and O–H groups in total. The maximum Gasteiger partial charge on any atom is 0.257 e. The Morgan fingerprint density at radius 2 is 1.81 bits per heavy atom. The maximum atomic E-state index is 12.4. The Hall–Kier alpha value is -2.12. The molecule has 0 spiro atoms. The number of ether oxygens (including phenoxy) is 1. The molecule has 0 aliphatic carbocycles. The second kappa shape index (κ2) is 8.51. The number of hydrogen-bond donors (Lipinski definition) is 1. The summed E-state index contributed by atoms with van der Waals surface area (Å²) in [5.41, 5.74) is 1.74. The van der Waals surface area contributed by atoms with Gasteiger partial charge in [0.2, 0.25) is 0 Å². The van der Waals surface area contributed by atoms with Gasteiger partial charge in [0, 0.05) is 37.4 Å². The smallest absolute Gasteiger partial charge is 0.257 e. The molecule has 5 nitrogen and oxygen atoms in total. The van der Waals surface area contributed by atoms with Crippen LogP contribution in [0, 0.1) is 0 Å². The van der Waals surface area contributed by atoms with Gasteiger partial charge >= 0.3 is 0 Å². The van der Waals surface area contributed by atoms with Gasteiger partial charge in [-0.05, 0) is 58.5 Å². The topological polar surface area (TPSA) is 44.8 Å². The third-order valence-electron chi connectivity index (χ3n) is 4.32. The molecule has 7 heteroatoms. The number of carbonyl (C=O) groups is 1. The predicted octanol–water partition coefficient (Wildman–Crippen LogP) is 3.29. The number of piperazine rings is 1. The van der Waals surface area contributed by atoms with Crippen LogP contribution in [0.3, 0.4) is 0 Å². The highest BCUT2D eigenvalue weighted by molar-refractivity contribution is 9.10. The van der Waals surface area contributed by atoms with Gasteiger partial charge in [-0.15, -0.1) is 0 Å². The summed E-state index contributed by atoms with van der Waals surface area (Å²) in [6.07, 6.45) is 0. The molecule has 0 atom stereocenters. The van der Waals surface area contributed by atoms with Crippen molar-refractivity contribution in [3.05, 3.63) is 58.6 Å². The van der Waals surface area contributed by atoms with Crippen molar-refractivity contribution < 1.29 is 9.53 Å². The molecule has 0 unspecified atom stereocenters. The van der Waals surface area contributed by atoms with Crippen LogP contribution in [0.5, 0.6) is 5.75 Å². The van der Waals surface area contributed by atoms with Crippen LogP contribution in [0.15, 0.2) is 53.0 Å². The van der Waals surface area contributed by atoms with Gasteiger partial charge in [0.05, 0.1) is 11.6 Å². The SMILES string of the molecule is COc1ccc(C(=O)NC(=S)N2CCN(c3ccccc3)CC2)cc1Br. The van der Waals surface area contributed by atoms with Crippen LogP contribution >= 0.6 is 28.1 Å². The summed E-state index contributed by atoms with van der Waals surface area (Å²) in [4.78, 5) is 16.8. The summed E-state index contributed by atoms with van der Waals surface area (Å²) in [5, 5.41) is 3.29. The second-order valence-corrected chi connectivity index (χ2v) is 7.16. The lowest BCUT2D eigenvalue weighted by Gasteiger charge is -2.37. The van der Waals surface area contributed by atoms with E-state index in [2.05, 4.69) is 38.3 Å². The molecule has 136 valence electrons. The number of carbonyl (C=O) groups excluding carboxylic acids is 1. The van der Waals surface area contributed by atoms with Gasteiger partial charge in [-0.2, -0.15) is 0 Å². The van der Waals surface area contributed by atoms with Crippen LogP contribution in [-0.2, 0) is 0 Å². The summed E-state index contributed by atoms with van der Waals surface area (Å²) >= 11 is 8.82. The highest BCUT2D eigenvalue weighted by Crippen LogP contribution is 2.25. The van der Waals surface area contributed by atoms with E-state index in [0.29, 0.717) is 16.4 Å². The van der Waals surface area contributed by atoms with Gasteiger partial charge < -0.3 is 14.5 Å². The first-order valence-corrected chi connectivity index (χ1v) is 9.52. The summed E-state index contributed by atoms with van der Waals surface area (Å²) < 4.78 is 5.92. The number of thiocarbonyl (C=S) groups is 1. The monoisotopic (exact) mass is 433 g/mol. The molecule has 1 aliphatic rings. The minimum atomic E-state index is -0.219. The second-order valence-electron chi connectivity index (χ2n) is 5.92. The molecule has 0 aromatic heterocycles. The summed E-state index contributed by atoms with van der Waals surface area (Å²) in [5.74, 6) is 0.463. The number of halogens is 1. The van der Waals surface area contributed by atoms with Crippen LogP contribution in [0.2, 0.25) is 0 Å². The number of methoxy groups -OCH3 is 1. The summed E-state index contributed by atoms with van der Waals surface area (Å²) in [6.45, 7) is 3.29. The normalized spacial score (nSPS) is 14.1. The Balaban J connectivity index is 1.55. The van der Waals surface area contributed by atoms with E-state index < -0.39 is 0 Å². The van der Waals surface area contributed by atoms with Crippen molar-refractivity contribution >= 4 is 44.9 Å².